The molecule has 3 rings (SSSR count). The summed E-state index contributed by atoms with van der Waals surface area (Å²) in [6.07, 6.45) is 3.41. The molecule has 0 spiro atoms. The fourth-order valence-corrected chi connectivity index (χ4v) is 2.11. The van der Waals surface area contributed by atoms with Crippen LogP contribution in [0.3, 0.4) is 0 Å². The Kier molecular flexibility index (Phi) is 4.11. The minimum atomic E-state index is -0.192. The highest BCUT2D eigenvalue weighted by atomic mass is 16.1. The molecule has 1 amide bonds. The van der Waals surface area contributed by atoms with Crippen LogP contribution in [0.5, 0.6) is 0 Å². The zero-order valence-electron chi connectivity index (χ0n) is 12.2. The zero-order valence-corrected chi connectivity index (χ0v) is 12.2. The van der Waals surface area contributed by atoms with Crippen molar-refractivity contribution in [1.29, 1.82) is 5.26 Å². The van der Waals surface area contributed by atoms with Crippen LogP contribution in [0.15, 0.2) is 61.2 Å². The molecule has 2 aromatic carbocycles. The quantitative estimate of drug-likeness (QED) is 0.803. The van der Waals surface area contributed by atoms with E-state index in [-0.39, 0.29) is 5.91 Å². The predicted molar refractivity (Wildman–Crippen MR) is 85.1 cm³/mol. The zero-order chi connectivity index (χ0) is 16.1. The van der Waals surface area contributed by atoms with Crippen LogP contribution in [0.2, 0.25) is 0 Å². The number of anilines is 1. The Morgan fingerprint density at radius 1 is 1.13 bits per heavy atom. The monoisotopic (exact) mass is 303 g/mol. The van der Waals surface area contributed by atoms with Gasteiger partial charge in [0.15, 0.2) is 0 Å². The highest BCUT2D eigenvalue weighted by Gasteiger charge is 2.07. The smallest absolute Gasteiger partial charge is 0.255 e. The number of hydrogen-bond acceptors (Lipinski definition) is 4. The molecule has 0 fully saturated rings. The maximum Gasteiger partial charge on any atom is 0.255 e. The molecule has 0 aliphatic carbocycles. The lowest BCUT2D eigenvalue weighted by Gasteiger charge is -2.07. The van der Waals surface area contributed by atoms with Crippen LogP contribution < -0.4 is 5.32 Å². The first kappa shape index (κ1) is 14.5. The number of hydrogen-bond donors (Lipinski definition) is 1. The molecule has 0 atom stereocenters. The summed E-state index contributed by atoms with van der Waals surface area (Å²) in [5.41, 5.74) is 2.99. The SMILES string of the molecule is N#CCc1ccc(NC(=O)c2ccc(-n3cncn3)cc2)cc1. The van der Waals surface area contributed by atoms with Gasteiger partial charge < -0.3 is 5.32 Å². The largest absolute Gasteiger partial charge is 0.322 e. The van der Waals surface area contributed by atoms with Crippen molar-refractivity contribution in [3.8, 4) is 11.8 Å². The molecule has 3 aromatic rings. The van der Waals surface area contributed by atoms with Crippen LogP contribution in [-0.2, 0) is 6.42 Å². The number of aromatic nitrogens is 3. The van der Waals surface area contributed by atoms with E-state index in [4.69, 9.17) is 5.26 Å². The van der Waals surface area contributed by atoms with Crippen molar-refractivity contribution in [1.82, 2.24) is 14.8 Å². The van der Waals surface area contributed by atoms with E-state index in [1.807, 2.05) is 12.1 Å². The van der Waals surface area contributed by atoms with Crippen LogP contribution >= 0.6 is 0 Å². The van der Waals surface area contributed by atoms with Crippen LogP contribution in [0.4, 0.5) is 5.69 Å². The van der Waals surface area contributed by atoms with E-state index in [9.17, 15) is 4.79 Å². The highest BCUT2D eigenvalue weighted by Crippen LogP contribution is 2.13. The second-order valence-electron chi connectivity index (χ2n) is 4.87. The van der Waals surface area contributed by atoms with E-state index in [0.29, 0.717) is 17.7 Å². The van der Waals surface area contributed by atoms with E-state index in [0.717, 1.165) is 11.3 Å². The molecule has 112 valence electrons. The summed E-state index contributed by atoms with van der Waals surface area (Å²) >= 11 is 0. The number of carbonyl (C=O) groups excluding carboxylic acids is 1. The number of benzene rings is 2. The van der Waals surface area contributed by atoms with Crippen molar-refractivity contribution >= 4 is 11.6 Å². The average molecular weight is 303 g/mol. The molecular formula is C17H13N5O. The lowest BCUT2D eigenvalue weighted by Crippen LogP contribution is -2.12. The van der Waals surface area contributed by atoms with Crippen molar-refractivity contribution in [2.45, 2.75) is 6.42 Å². The van der Waals surface area contributed by atoms with Crippen molar-refractivity contribution in [2.24, 2.45) is 0 Å². The third kappa shape index (κ3) is 3.41. The fourth-order valence-electron chi connectivity index (χ4n) is 2.11. The Balaban J connectivity index is 1.69. The summed E-state index contributed by atoms with van der Waals surface area (Å²) in [4.78, 5) is 16.1. The standard InChI is InChI=1S/C17H13N5O/c18-10-9-13-1-5-15(6-2-13)21-17(23)14-3-7-16(8-4-14)22-12-19-11-20-22/h1-8,11-12H,9H2,(H,21,23). The van der Waals surface area contributed by atoms with Crippen molar-refractivity contribution < 1.29 is 4.79 Å². The molecule has 0 aliphatic heterocycles. The number of amides is 1. The van der Waals surface area contributed by atoms with E-state index in [1.165, 1.54) is 6.33 Å². The molecule has 0 unspecified atom stereocenters. The number of nitriles is 1. The lowest BCUT2D eigenvalue weighted by atomic mass is 10.1. The number of nitrogens with zero attached hydrogens (tertiary/aromatic N) is 4. The maximum absolute atomic E-state index is 12.2. The van der Waals surface area contributed by atoms with Crippen molar-refractivity contribution in [3.63, 3.8) is 0 Å². The molecular weight excluding hydrogens is 290 g/mol. The van der Waals surface area contributed by atoms with Gasteiger partial charge in [-0.05, 0) is 42.0 Å². The lowest BCUT2D eigenvalue weighted by molar-refractivity contribution is 0.102. The molecule has 6 nitrogen and oxygen atoms in total. The predicted octanol–water partition coefficient (Wildman–Crippen LogP) is 2.59. The molecule has 0 aliphatic rings. The molecule has 0 saturated heterocycles. The van der Waals surface area contributed by atoms with Gasteiger partial charge in [0.05, 0.1) is 18.2 Å². The fraction of sp³-hybridized carbons (Fsp3) is 0.0588. The Labute approximate surface area is 133 Å². The number of nitrogens with one attached hydrogen (secondary N) is 1. The first-order valence-corrected chi connectivity index (χ1v) is 6.98. The Bertz CT molecular complexity index is 830. The van der Waals surface area contributed by atoms with Gasteiger partial charge in [0.1, 0.15) is 12.7 Å². The maximum atomic E-state index is 12.2. The van der Waals surface area contributed by atoms with E-state index in [2.05, 4.69) is 21.5 Å². The summed E-state index contributed by atoms with van der Waals surface area (Å²) < 4.78 is 1.62. The van der Waals surface area contributed by atoms with Gasteiger partial charge in [0, 0.05) is 11.3 Å². The van der Waals surface area contributed by atoms with Gasteiger partial charge in [-0.2, -0.15) is 10.4 Å². The van der Waals surface area contributed by atoms with Crippen molar-refractivity contribution in [2.75, 3.05) is 5.32 Å². The molecule has 23 heavy (non-hydrogen) atoms. The summed E-state index contributed by atoms with van der Waals surface area (Å²) in [5.74, 6) is -0.192. The van der Waals surface area contributed by atoms with Crippen LogP contribution in [-0.4, -0.2) is 20.7 Å². The van der Waals surface area contributed by atoms with Gasteiger partial charge in [0.2, 0.25) is 0 Å². The third-order valence-electron chi connectivity index (χ3n) is 3.31. The Hall–Kier alpha value is -3.46. The van der Waals surface area contributed by atoms with Gasteiger partial charge in [-0.15, -0.1) is 0 Å². The topological polar surface area (TPSA) is 83.6 Å². The minimum Gasteiger partial charge on any atom is -0.322 e. The first-order chi connectivity index (χ1) is 11.3. The van der Waals surface area contributed by atoms with Crippen molar-refractivity contribution in [3.05, 3.63) is 72.3 Å². The molecule has 0 radical (unpaired) electrons. The first-order valence-electron chi connectivity index (χ1n) is 6.98. The molecule has 1 aromatic heterocycles. The van der Waals surface area contributed by atoms with Crippen LogP contribution in [0.25, 0.3) is 5.69 Å². The van der Waals surface area contributed by atoms with Crippen LogP contribution in [0.1, 0.15) is 15.9 Å². The van der Waals surface area contributed by atoms with E-state index >= 15 is 0 Å². The van der Waals surface area contributed by atoms with E-state index in [1.54, 1.807) is 47.4 Å². The van der Waals surface area contributed by atoms with Gasteiger partial charge in [0.25, 0.3) is 5.91 Å². The summed E-state index contributed by atoms with van der Waals surface area (Å²) in [6.45, 7) is 0. The van der Waals surface area contributed by atoms with E-state index < -0.39 is 0 Å². The second kappa shape index (κ2) is 6.54. The second-order valence-corrected chi connectivity index (χ2v) is 4.87. The number of rotatable bonds is 4. The number of carbonyl (C=O) groups is 1. The van der Waals surface area contributed by atoms with Gasteiger partial charge in [-0.1, -0.05) is 12.1 Å². The Morgan fingerprint density at radius 2 is 1.87 bits per heavy atom. The van der Waals surface area contributed by atoms with Gasteiger partial charge >= 0.3 is 0 Å². The normalized spacial score (nSPS) is 10.0. The summed E-state index contributed by atoms with van der Waals surface area (Å²) in [5, 5.41) is 15.5. The Morgan fingerprint density at radius 3 is 2.48 bits per heavy atom. The van der Waals surface area contributed by atoms with Gasteiger partial charge in [-0.3, -0.25) is 4.79 Å². The average Bonchev–Trinajstić information content (AvgIpc) is 3.11. The minimum absolute atomic E-state index is 0.192. The summed E-state index contributed by atoms with van der Waals surface area (Å²) in [7, 11) is 0. The third-order valence-corrected chi connectivity index (χ3v) is 3.31. The molecule has 6 heteroatoms. The molecule has 0 saturated carbocycles. The summed E-state index contributed by atoms with van der Waals surface area (Å²) in [6, 6.07) is 16.4. The highest BCUT2D eigenvalue weighted by molar-refractivity contribution is 6.04. The molecule has 1 N–H and O–H groups in total. The molecule has 1 heterocycles. The molecule has 0 bridgehead atoms. The van der Waals surface area contributed by atoms with Crippen LogP contribution in [0, 0.1) is 11.3 Å². The van der Waals surface area contributed by atoms with Gasteiger partial charge in [-0.25, -0.2) is 9.67 Å².